The number of aromatic nitrogens is 2. The van der Waals surface area contributed by atoms with Crippen LogP contribution in [0.2, 0.25) is 0 Å². The third-order valence-electron chi connectivity index (χ3n) is 9.06. The van der Waals surface area contributed by atoms with Crippen LogP contribution in [-0.2, 0) is 0 Å². The van der Waals surface area contributed by atoms with E-state index in [1.54, 1.807) is 5.57 Å². The molecule has 4 heteroatoms. The van der Waals surface area contributed by atoms with E-state index in [0.29, 0.717) is 16.9 Å². The Kier molecular flexibility index (Phi) is 3.71. The highest BCUT2D eigenvalue weighted by molar-refractivity contribution is 5.26. The van der Waals surface area contributed by atoms with Gasteiger partial charge in [0.05, 0.1) is 6.33 Å². The molecule has 0 aliphatic heterocycles. The van der Waals surface area contributed by atoms with Gasteiger partial charge in [0.25, 0.3) is 0 Å². The van der Waals surface area contributed by atoms with Crippen molar-refractivity contribution in [3.05, 3.63) is 35.3 Å². The van der Waals surface area contributed by atoms with E-state index in [-0.39, 0.29) is 6.04 Å². The maximum absolute atomic E-state index is 11.1. The lowest BCUT2D eigenvalue weighted by atomic mass is 9.47. The minimum Gasteiger partial charge on any atom is -0.334 e. The van der Waals surface area contributed by atoms with E-state index in [2.05, 4.69) is 40.8 Å². The van der Waals surface area contributed by atoms with Gasteiger partial charge in [0.2, 0.25) is 0 Å². The lowest BCUT2D eigenvalue weighted by Crippen LogP contribution is -2.50. The van der Waals surface area contributed by atoms with Crippen LogP contribution < -0.4 is 0 Å². The number of rotatable bonds is 2. The van der Waals surface area contributed by atoms with Crippen LogP contribution in [0.25, 0.3) is 0 Å². The molecule has 0 amide bonds. The summed E-state index contributed by atoms with van der Waals surface area (Å²) >= 11 is 0. The zero-order valence-electron chi connectivity index (χ0n) is 16.1. The Morgan fingerprint density at radius 3 is 2.77 bits per heavy atom. The van der Waals surface area contributed by atoms with E-state index in [4.69, 9.17) is 0 Å². The number of fused-ring (bicyclic) bond motifs is 5. The van der Waals surface area contributed by atoms with Crippen LogP contribution >= 0.6 is 0 Å². The van der Waals surface area contributed by atoms with Gasteiger partial charge in [-0.15, -0.1) is 0 Å². The summed E-state index contributed by atoms with van der Waals surface area (Å²) in [5.74, 6) is 2.49. The molecule has 1 aromatic rings. The van der Waals surface area contributed by atoms with Crippen molar-refractivity contribution in [2.45, 2.75) is 77.3 Å². The van der Waals surface area contributed by atoms with Gasteiger partial charge in [0.15, 0.2) is 0 Å². The third-order valence-corrected chi connectivity index (χ3v) is 9.06. The summed E-state index contributed by atoms with van der Waals surface area (Å²) < 4.78 is 2.39. The van der Waals surface area contributed by atoms with Crippen molar-refractivity contribution in [1.29, 1.82) is 0 Å². The van der Waals surface area contributed by atoms with Gasteiger partial charge in [-0.3, -0.25) is 0 Å². The summed E-state index contributed by atoms with van der Waals surface area (Å²) in [6, 6.07) is 0.552. The summed E-state index contributed by atoms with van der Waals surface area (Å²) in [5, 5.41) is 3.34. The average molecular weight is 354 g/mol. The molecule has 4 nitrogen and oxygen atoms in total. The van der Waals surface area contributed by atoms with E-state index in [9.17, 15) is 4.91 Å². The Bertz CT molecular complexity index is 726. The number of nitroso groups, excluding NO2 is 1. The molecule has 3 fully saturated rings. The van der Waals surface area contributed by atoms with Gasteiger partial charge in [-0.1, -0.05) is 30.7 Å². The molecule has 7 atom stereocenters. The second-order valence-corrected chi connectivity index (χ2v) is 9.88. The summed E-state index contributed by atoms with van der Waals surface area (Å²) in [6.07, 6.45) is 18.3. The van der Waals surface area contributed by atoms with Crippen molar-refractivity contribution in [1.82, 2.24) is 9.55 Å². The molecule has 0 saturated heterocycles. The fourth-order valence-electron chi connectivity index (χ4n) is 7.71. The fourth-order valence-corrected chi connectivity index (χ4v) is 7.71. The van der Waals surface area contributed by atoms with Gasteiger partial charge in [-0.05, 0) is 80.0 Å². The fraction of sp³-hybridized carbons (Fsp3) is 0.773. The smallest absolute Gasteiger partial charge is 0.110 e. The lowest BCUT2D eigenvalue weighted by Gasteiger charge is -2.58. The highest BCUT2D eigenvalue weighted by Gasteiger charge is 2.59. The van der Waals surface area contributed by atoms with Crippen LogP contribution in [0, 0.1) is 33.5 Å². The van der Waals surface area contributed by atoms with Gasteiger partial charge in [0.1, 0.15) is 6.04 Å². The monoisotopic (exact) mass is 353 g/mol. The van der Waals surface area contributed by atoms with Crippen LogP contribution in [0.5, 0.6) is 0 Å². The second-order valence-electron chi connectivity index (χ2n) is 9.88. The topological polar surface area (TPSA) is 47.2 Å². The Morgan fingerprint density at radius 2 is 2.00 bits per heavy atom. The van der Waals surface area contributed by atoms with Gasteiger partial charge in [-0.25, -0.2) is 4.98 Å². The second kappa shape index (κ2) is 5.77. The molecule has 4 aliphatic carbocycles. The SMILES string of the molecule is C[C@]12CCC(N=O)C=C1CC[C@@H]1[C@@H]2CC[C@]2(C)C(n3ccnc3)CC[C@@H]12. The normalized spacial score (nSPS) is 47.5. The molecule has 26 heavy (non-hydrogen) atoms. The van der Waals surface area contributed by atoms with E-state index in [1.807, 2.05) is 12.5 Å². The maximum atomic E-state index is 11.1. The van der Waals surface area contributed by atoms with Gasteiger partial charge < -0.3 is 4.57 Å². The van der Waals surface area contributed by atoms with E-state index in [0.717, 1.165) is 30.6 Å². The van der Waals surface area contributed by atoms with Crippen LogP contribution in [0.3, 0.4) is 0 Å². The van der Waals surface area contributed by atoms with Gasteiger partial charge in [0, 0.05) is 18.4 Å². The van der Waals surface area contributed by atoms with Crippen LogP contribution in [0.1, 0.15) is 71.3 Å². The van der Waals surface area contributed by atoms with Crippen molar-refractivity contribution >= 4 is 0 Å². The number of hydrogen-bond acceptors (Lipinski definition) is 3. The highest BCUT2D eigenvalue weighted by atomic mass is 16.3. The molecular weight excluding hydrogens is 322 g/mol. The predicted octanol–water partition coefficient (Wildman–Crippen LogP) is 5.52. The highest BCUT2D eigenvalue weighted by Crippen LogP contribution is 2.67. The van der Waals surface area contributed by atoms with Crippen molar-refractivity contribution < 1.29 is 0 Å². The van der Waals surface area contributed by atoms with Gasteiger partial charge in [-0.2, -0.15) is 4.91 Å². The minimum absolute atomic E-state index is 0.0689. The molecule has 140 valence electrons. The zero-order chi connectivity index (χ0) is 17.9. The molecule has 0 bridgehead atoms. The Hall–Kier alpha value is -1.45. The molecular formula is C22H31N3O. The third kappa shape index (κ3) is 2.16. The molecule has 1 heterocycles. The first kappa shape index (κ1) is 16.7. The predicted molar refractivity (Wildman–Crippen MR) is 103 cm³/mol. The maximum Gasteiger partial charge on any atom is 0.110 e. The quantitative estimate of drug-likeness (QED) is 0.519. The standard InChI is InChI=1S/C22H31N3O/c1-21-9-7-16(24-26)13-15(21)3-4-17-18-5-6-20(25-12-11-23-14-25)22(18,2)10-8-19(17)21/h11-14,16-20H,3-10H2,1-2H3/t16?,17-,18-,19-,20?,21-,22-/m0/s1. The lowest BCUT2D eigenvalue weighted by molar-refractivity contribution is -0.0492. The van der Waals surface area contributed by atoms with Gasteiger partial charge >= 0.3 is 0 Å². The van der Waals surface area contributed by atoms with Crippen molar-refractivity contribution in [2.24, 2.45) is 33.8 Å². The molecule has 0 radical (unpaired) electrons. The van der Waals surface area contributed by atoms with Crippen LogP contribution in [0.4, 0.5) is 0 Å². The number of allylic oxidation sites excluding steroid dienone is 1. The summed E-state index contributed by atoms with van der Waals surface area (Å²) in [6.45, 7) is 5.06. The molecule has 0 spiro atoms. The zero-order valence-corrected chi connectivity index (χ0v) is 16.1. The molecule has 2 unspecified atom stereocenters. The van der Waals surface area contributed by atoms with Crippen LogP contribution in [0.15, 0.2) is 35.5 Å². The van der Waals surface area contributed by atoms with Crippen molar-refractivity contribution in [3.8, 4) is 0 Å². The molecule has 0 N–H and O–H groups in total. The molecule has 5 rings (SSSR count). The largest absolute Gasteiger partial charge is 0.334 e. The van der Waals surface area contributed by atoms with Crippen LogP contribution in [-0.4, -0.2) is 15.6 Å². The number of nitrogens with zero attached hydrogens (tertiary/aromatic N) is 3. The Balaban J connectivity index is 1.46. The molecule has 0 aromatic carbocycles. The summed E-state index contributed by atoms with van der Waals surface area (Å²) in [4.78, 5) is 15.4. The van der Waals surface area contributed by atoms with E-state index < -0.39 is 0 Å². The Morgan fingerprint density at radius 1 is 1.12 bits per heavy atom. The first-order valence-electron chi connectivity index (χ1n) is 10.6. The molecule has 4 aliphatic rings. The molecule has 3 saturated carbocycles. The first-order valence-corrected chi connectivity index (χ1v) is 10.6. The summed E-state index contributed by atoms with van der Waals surface area (Å²) in [5.41, 5.74) is 2.29. The van der Waals surface area contributed by atoms with Crippen molar-refractivity contribution in [2.75, 3.05) is 0 Å². The Labute approximate surface area is 156 Å². The number of hydrogen-bond donors (Lipinski definition) is 0. The van der Waals surface area contributed by atoms with Crippen molar-refractivity contribution in [3.63, 3.8) is 0 Å². The molecule has 1 aromatic heterocycles. The number of imidazole rings is 1. The van der Waals surface area contributed by atoms with E-state index >= 15 is 0 Å². The van der Waals surface area contributed by atoms with E-state index in [1.165, 1.54) is 38.5 Å². The summed E-state index contributed by atoms with van der Waals surface area (Å²) in [7, 11) is 0. The average Bonchev–Trinajstić information content (AvgIpc) is 3.27. The first-order chi connectivity index (χ1) is 12.6. The minimum atomic E-state index is -0.0689.